The number of amides is 2. The first-order valence-corrected chi connectivity index (χ1v) is 5.92. The number of hydrogen-bond donors (Lipinski definition) is 1. The largest absolute Gasteiger partial charge is 0.343 e. The number of rotatable bonds is 3. The lowest BCUT2D eigenvalue weighted by Crippen LogP contribution is -2.57. The van der Waals surface area contributed by atoms with Crippen LogP contribution in [0.25, 0.3) is 0 Å². The lowest BCUT2D eigenvalue weighted by molar-refractivity contribution is -0.144. The third-order valence-electron chi connectivity index (χ3n) is 2.97. The van der Waals surface area contributed by atoms with Crippen LogP contribution in [0.1, 0.15) is 18.9 Å². The minimum atomic E-state index is -0.438. The second-order valence-corrected chi connectivity index (χ2v) is 4.35. The molecule has 0 aromatic heterocycles. The molecule has 4 nitrogen and oxygen atoms in total. The lowest BCUT2D eigenvalue weighted by atomic mass is 10.1. The molecular formula is C13H15FN2O2. The van der Waals surface area contributed by atoms with Crippen LogP contribution >= 0.6 is 0 Å². The van der Waals surface area contributed by atoms with Gasteiger partial charge in [-0.25, -0.2) is 4.39 Å². The van der Waals surface area contributed by atoms with E-state index in [0.717, 1.165) is 5.56 Å². The zero-order valence-corrected chi connectivity index (χ0v) is 10.1. The van der Waals surface area contributed by atoms with E-state index in [2.05, 4.69) is 5.32 Å². The van der Waals surface area contributed by atoms with Gasteiger partial charge in [0.15, 0.2) is 0 Å². The molecule has 1 fully saturated rings. The first-order valence-electron chi connectivity index (χ1n) is 5.92. The van der Waals surface area contributed by atoms with Gasteiger partial charge >= 0.3 is 0 Å². The number of carbonyl (C=O) groups excluding carboxylic acids is 2. The molecule has 0 aliphatic carbocycles. The van der Waals surface area contributed by atoms with Gasteiger partial charge in [0.2, 0.25) is 11.8 Å². The van der Waals surface area contributed by atoms with E-state index < -0.39 is 6.04 Å². The van der Waals surface area contributed by atoms with Gasteiger partial charge in [0, 0.05) is 6.54 Å². The van der Waals surface area contributed by atoms with Crippen LogP contribution in [-0.2, 0) is 16.1 Å². The first kappa shape index (κ1) is 12.5. The Morgan fingerprint density at radius 2 is 2.00 bits per heavy atom. The summed E-state index contributed by atoms with van der Waals surface area (Å²) in [7, 11) is 0. The Morgan fingerprint density at radius 1 is 1.33 bits per heavy atom. The highest BCUT2D eigenvalue weighted by atomic mass is 19.1. The molecule has 1 aliphatic rings. The van der Waals surface area contributed by atoms with Crippen molar-refractivity contribution in [2.45, 2.75) is 25.9 Å². The van der Waals surface area contributed by atoms with Crippen LogP contribution in [0.5, 0.6) is 0 Å². The van der Waals surface area contributed by atoms with Crippen LogP contribution in [0.3, 0.4) is 0 Å². The molecule has 0 spiro atoms. The van der Waals surface area contributed by atoms with E-state index in [1.807, 2.05) is 6.92 Å². The Bertz CT molecular complexity index is 459. The van der Waals surface area contributed by atoms with Crippen molar-refractivity contribution in [3.8, 4) is 0 Å². The Kier molecular flexibility index (Phi) is 3.60. The SMILES string of the molecule is CC[C@H]1NC(=O)CN(Cc2ccc(F)cc2)C1=O. The highest BCUT2D eigenvalue weighted by molar-refractivity contribution is 5.94. The molecule has 2 amide bonds. The smallest absolute Gasteiger partial charge is 0.245 e. The van der Waals surface area contributed by atoms with Crippen LogP contribution in [0, 0.1) is 5.82 Å². The molecule has 2 rings (SSSR count). The summed E-state index contributed by atoms with van der Waals surface area (Å²) in [4.78, 5) is 25.0. The second kappa shape index (κ2) is 5.16. The standard InChI is InChI=1S/C13H15FN2O2/c1-2-11-13(18)16(8-12(17)15-11)7-9-3-5-10(14)6-4-9/h3-6,11H,2,7-8H2,1H3,(H,15,17)/t11-/m1/s1. The fourth-order valence-electron chi connectivity index (χ4n) is 1.99. The van der Waals surface area contributed by atoms with Gasteiger partial charge in [-0.15, -0.1) is 0 Å². The van der Waals surface area contributed by atoms with Crippen molar-refractivity contribution in [2.24, 2.45) is 0 Å². The molecule has 5 heteroatoms. The average molecular weight is 250 g/mol. The summed E-state index contributed by atoms with van der Waals surface area (Å²) in [5.41, 5.74) is 0.814. The van der Waals surface area contributed by atoms with Crippen LogP contribution in [0.15, 0.2) is 24.3 Å². The van der Waals surface area contributed by atoms with Gasteiger partial charge in [-0.05, 0) is 24.1 Å². The molecule has 1 saturated heterocycles. The van der Waals surface area contributed by atoms with E-state index in [1.165, 1.54) is 17.0 Å². The number of nitrogens with zero attached hydrogens (tertiary/aromatic N) is 1. The molecule has 0 bridgehead atoms. The number of piperazine rings is 1. The van der Waals surface area contributed by atoms with Gasteiger partial charge in [0.1, 0.15) is 11.9 Å². The molecule has 1 heterocycles. The molecule has 1 atom stereocenters. The predicted octanol–water partition coefficient (Wildman–Crippen LogP) is 1.06. The van der Waals surface area contributed by atoms with E-state index in [-0.39, 0.29) is 24.2 Å². The van der Waals surface area contributed by atoms with Crippen molar-refractivity contribution in [2.75, 3.05) is 6.54 Å². The van der Waals surface area contributed by atoms with Gasteiger partial charge in [0.25, 0.3) is 0 Å². The molecule has 1 aromatic rings. The van der Waals surface area contributed by atoms with Gasteiger partial charge in [0.05, 0.1) is 6.54 Å². The normalized spacial score (nSPS) is 19.9. The maximum absolute atomic E-state index is 12.8. The summed E-state index contributed by atoms with van der Waals surface area (Å²) in [6, 6.07) is 5.50. The highest BCUT2D eigenvalue weighted by Gasteiger charge is 2.31. The molecule has 0 saturated carbocycles. The summed E-state index contributed by atoms with van der Waals surface area (Å²) in [5, 5.41) is 2.65. The van der Waals surface area contributed by atoms with Crippen LogP contribution < -0.4 is 5.32 Å². The van der Waals surface area contributed by atoms with Gasteiger partial charge in [-0.1, -0.05) is 19.1 Å². The number of nitrogens with one attached hydrogen (secondary N) is 1. The molecule has 96 valence electrons. The van der Waals surface area contributed by atoms with Crippen molar-refractivity contribution >= 4 is 11.8 Å². The first-order chi connectivity index (χ1) is 8.60. The second-order valence-electron chi connectivity index (χ2n) is 4.35. The van der Waals surface area contributed by atoms with Crippen LogP contribution in [-0.4, -0.2) is 29.3 Å². The third kappa shape index (κ3) is 2.67. The van der Waals surface area contributed by atoms with Gasteiger partial charge < -0.3 is 10.2 Å². The predicted molar refractivity (Wildman–Crippen MR) is 64.0 cm³/mol. The Labute approximate surface area is 105 Å². The molecule has 18 heavy (non-hydrogen) atoms. The zero-order chi connectivity index (χ0) is 13.1. The minimum Gasteiger partial charge on any atom is -0.343 e. The topological polar surface area (TPSA) is 49.4 Å². The zero-order valence-electron chi connectivity index (χ0n) is 10.1. The van der Waals surface area contributed by atoms with E-state index >= 15 is 0 Å². The summed E-state index contributed by atoms with van der Waals surface area (Å²) in [6.45, 7) is 2.25. The monoisotopic (exact) mass is 250 g/mol. The lowest BCUT2D eigenvalue weighted by Gasteiger charge is -2.32. The Morgan fingerprint density at radius 3 is 2.61 bits per heavy atom. The molecular weight excluding hydrogens is 235 g/mol. The molecule has 1 aromatic carbocycles. The summed E-state index contributed by atoms with van der Waals surface area (Å²) < 4.78 is 12.8. The molecule has 0 radical (unpaired) electrons. The fourth-order valence-corrected chi connectivity index (χ4v) is 1.99. The van der Waals surface area contributed by atoms with Crippen LogP contribution in [0.2, 0.25) is 0 Å². The summed E-state index contributed by atoms with van der Waals surface area (Å²) >= 11 is 0. The maximum Gasteiger partial charge on any atom is 0.245 e. The number of carbonyl (C=O) groups is 2. The number of halogens is 1. The van der Waals surface area contributed by atoms with E-state index in [4.69, 9.17) is 0 Å². The number of hydrogen-bond acceptors (Lipinski definition) is 2. The van der Waals surface area contributed by atoms with Crippen molar-refractivity contribution in [3.63, 3.8) is 0 Å². The van der Waals surface area contributed by atoms with Gasteiger partial charge in [-0.2, -0.15) is 0 Å². The minimum absolute atomic E-state index is 0.0622. The maximum atomic E-state index is 12.8. The Balaban J connectivity index is 2.09. The van der Waals surface area contributed by atoms with E-state index in [9.17, 15) is 14.0 Å². The van der Waals surface area contributed by atoms with Crippen molar-refractivity contribution in [1.82, 2.24) is 10.2 Å². The number of benzene rings is 1. The summed E-state index contributed by atoms with van der Waals surface area (Å²) in [6.07, 6.45) is 0.574. The van der Waals surface area contributed by atoms with E-state index in [0.29, 0.717) is 13.0 Å². The van der Waals surface area contributed by atoms with Crippen molar-refractivity contribution < 1.29 is 14.0 Å². The summed E-state index contributed by atoms with van der Waals surface area (Å²) in [5.74, 6) is -0.544. The van der Waals surface area contributed by atoms with Crippen molar-refractivity contribution in [1.29, 1.82) is 0 Å². The third-order valence-corrected chi connectivity index (χ3v) is 2.97. The molecule has 1 N–H and O–H groups in total. The molecule has 1 aliphatic heterocycles. The van der Waals surface area contributed by atoms with Crippen molar-refractivity contribution in [3.05, 3.63) is 35.6 Å². The average Bonchev–Trinajstić information content (AvgIpc) is 2.36. The highest BCUT2D eigenvalue weighted by Crippen LogP contribution is 2.11. The Hall–Kier alpha value is -1.91. The molecule has 0 unspecified atom stereocenters. The van der Waals surface area contributed by atoms with Gasteiger partial charge in [-0.3, -0.25) is 9.59 Å². The van der Waals surface area contributed by atoms with E-state index in [1.54, 1.807) is 12.1 Å². The quantitative estimate of drug-likeness (QED) is 0.872. The van der Waals surface area contributed by atoms with Crippen LogP contribution in [0.4, 0.5) is 4.39 Å². The fraction of sp³-hybridized carbons (Fsp3) is 0.385.